The van der Waals surface area contributed by atoms with Crippen molar-refractivity contribution in [3.05, 3.63) is 24.3 Å². The first-order valence-electron chi connectivity index (χ1n) is 5.28. The number of benzene rings is 1. The molecule has 0 saturated heterocycles. The molecule has 4 N–H and O–H groups in total. The van der Waals surface area contributed by atoms with Crippen LogP contribution in [0.5, 0.6) is 0 Å². The van der Waals surface area contributed by atoms with Gasteiger partial charge in [-0.2, -0.15) is 4.31 Å². The maximum Gasteiger partial charge on any atom is 0.243 e. The summed E-state index contributed by atoms with van der Waals surface area (Å²) in [6.07, 6.45) is 0. The lowest BCUT2D eigenvalue weighted by atomic mass is 10.3. The van der Waals surface area contributed by atoms with Gasteiger partial charge in [-0.15, -0.1) is 0 Å². The lowest BCUT2D eigenvalue weighted by molar-refractivity contribution is 0.217. The lowest BCUT2D eigenvalue weighted by Gasteiger charge is -2.20. The molecule has 0 saturated carbocycles. The SMILES string of the molecule is O=S(=O)(c1ccc(NO)cc1)N(CCO)CCO. The molecule has 1 aromatic rings. The molecule has 102 valence electrons. The highest BCUT2D eigenvalue weighted by molar-refractivity contribution is 7.89. The van der Waals surface area contributed by atoms with E-state index in [1.165, 1.54) is 24.3 Å². The first kappa shape index (κ1) is 14.9. The van der Waals surface area contributed by atoms with Crippen molar-refractivity contribution in [2.75, 3.05) is 31.8 Å². The highest BCUT2D eigenvalue weighted by Crippen LogP contribution is 2.17. The molecule has 0 heterocycles. The van der Waals surface area contributed by atoms with Crippen LogP contribution in [0.4, 0.5) is 5.69 Å². The van der Waals surface area contributed by atoms with Gasteiger partial charge in [0.25, 0.3) is 0 Å². The molecule has 0 aliphatic rings. The summed E-state index contributed by atoms with van der Waals surface area (Å²) in [5.41, 5.74) is 2.26. The topological polar surface area (TPSA) is 110 Å². The Kier molecular flexibility index (Phi) is 5.51. The molecule has 0 amide bonds. The summed E-state index contributed by atoms with van der Waals surface area (Å²) in [7, 11) is -3.75. The quantitative estimate of drug-likeness (QED) is 0.498. The number of aliphatic hydroxyl groups is 2. The molecule has 0 aromatic heterocycles. The molecule has 0 aliphatic heterocycles. The van der Waals surface area contributed by atoms with Crippen molar-refractivity contribution in [2.24, 2.45) is 0 Å². The maximum atomic E-state index is 12.1. The van der Waals surface area contributed by atoms with Gasteiger partial charge in [-0.3, -0.25) is 10.7 Å². The van der Waals surface area contributed by atoms with E-state index in [1.54, 1.807) is 0 Å². The van der Waals surface area contributed by atoms with E-state index < -0.39 is 10.0 Å². The fraction of sp³-hybridized carbons (Fsp3) is 0.400. The standard InChI is InChI=1S/C10H16N2O5S/c13-7-5-12(6-8-14)18(16,17)10-3-1-9(11-15)2-4-10/h1-4,11,13-15H,5-8H2. The van der Waals surface area contributed by atoms with Gasteiger partial charge in [-0.1, -0.05) is 0 Å². The molecule has 0 spiro atoms. The normalized spacial score (nSPS) is 11.8. The van der Waals surface area contributed by atoms with E-state index in [0.29, 0.717) is 5.69 Å². The maximum absolute atomic E-state index is 12.1. The van der Waals surface area contributed by atoms with Crippen molar-refractivity contribution >= 4 is 15.7 Å². The largest absolute Gasteiger partial charge is 0.395 e. The summed E-state index contributed by atoms with van der Waals surface area (Å²) in [4.78, 5) is 0.0309. The Balaban J connectivity index is 3.01. The number of nitrogens with one attached hydrogen (secondary N) is 1. The number of rotatable bonds is 7. The van der Waals surface area contributed by atoms with E-state index in [2.05, 4.69) is 0 Å². The van der Waals surface area contributed by atoms with Crippen molar-refractivity contribution < 1.29 is 23.8 Å². The molecule has 0 unspecified atom stereocenters. The van der Waals surface area contributed by atoms with Crippen LogP contribution in [0.25, 0.3) is 0 Å². The number of sulfonamides is 1. The first-order chi connectivity index (χ1) is 8.56. The van der Waals surface area contributed by atoms with Crippen LogP contribution in [0.2, 0.25) is 0 Å². The zero-order valence-electron chi connectivity index (χ0n) is 9.65. The third-order valence-electron chi connectivity index (χ3n) is 2.32. The van der Waals surface area contributed by atoms with Crippen LogP contribution in [0.15, 0.2) is 29.2 Å². The van der Waals surface area contributed by atoms with Gasteiger partial charge in [0.05, 0.1) is 23.8 Å². The molecule has 1 rings (SSSR count). The fourth-order valence-electron chi connectivity index (χ4n) is 1.43. The highest BCUT2D eigenvalue weighted by atomic mass is 32.2. The Morgan fingerprint density at radius 3 is 1.94 bits per heavy atom. The molecular formula is C10H16N2O5S. The molecule has 0 atom stereocenters. The molecule has 18 heavy (non-hydrogen) atoms. The summed E-state index contributed by atoms with van der Waals surface area (Å²) in [6.45, 7) is -0.809. The van der Waals surface area contributed by atoms with Gasteiger partial charge in [0.1, 0.15) is 0 Å². The smallest absolute Gasteiger partial charge is 0.243 e. The number of anilines is 1. The van der Waals surface area contributed by atoms with Crippen LogP contribution in [0, 0.1) is 0 Å². The van der Waals surface area contributed by atoms with Crippen LogP contribution in [0.3, 0.4) is 0 Å². The van der Waals surface area contributed by atoms with E-state index in [4.69, 9.17) is 15.4 Å². The molecule has 8 heteroatoms. The van der Waals surface area contributed by atoms with Crippen molar-refractivity contribution in [3.63, 3.8) is 0 Å². The second-order valence-electron chi connectivity index (χ2n) is 3.49. The van der Waals surface area contributed by atoms with E-state index in [0.717, 1.165) is 4.31 Å². The minimum atomic E-state index is -3.75. The van der Waals surface area contributed by atoms with Gasteiger partial charge < -0.3 is 10.2 Å². The van der Waals surface area contributed by atoms with Gasteiger partial charge in [0.2, 0.25) is 10.0 Å². The molecule has 0 fully saturated rings. The van der Waals surface area contributed by atoms with E-state index in [-0.39, 0.29) is 31.2 Å². The second-order valence-corrected chi connectivity index (χ2v) is 5.43. The predicted octanol–water partition coefficient (Wildman–Crippen LogP) is -0.537. The van der Waals surface area contributed by atoms with Crippen molar-refractivity contribution in [1.82, 2.24) is 4.31 Å². The van der Waals surface area contributed by atoms with Crippen molar-refractivity contribution in [3.8, 4) is 0 Å². The van der Waals surface area contributed by atoms with E-state index in [9.17, 15) is 8.42 Å². The molecule has 1 aromatic carbocycles. The fourth-order valence-corrected chi connectivity index (χ4v) is 2.85. The van der Waals surface area contributed by atoms with Crippen LogP contribution in [-0.4, -0.2) is 54.4 Å². The van der Waals surface area contributed by atoms with Crippen molar-refractivity contribution in [1.29, 1.82) is 0 Å². The summed E-state index contributed by atoms with van der Waals surface area (Å²) in [6, 6.07) is 5.47. The first-order valence-corrected chi connectivity index (χ1v) is 6.72. The van der Waals surface area contributed by atoms with Crippen LogP contribution < -0.4 is 5.48 Å². The second kappa shape index (κ2) is 6.66. The van der Waals surface area contributed by atoms with Crippen LogP contribution in [0.1, 0.15) is 0 Å². The lowest BCUT2D eigenvalue weighted by Crippen LogP contribution is -2.35. The monoisotopic (exact) mass is 276 g/mol. The summed E-state index contributed by atoms with van der Waals surface area (Å²) < 4.78 is 25.3. The Morgan fingerprint density at radius 1 is 1.06 bits per heavy atom. The Hall–Kier alpha value is -1.19. The summed E-state index contributed by atoms with van der Waals surface area (Å²) >= 11 is 0. The van der Waals surface area contributed by atoms with Gasteiger partial charge in [0, 0.05) is 13.1 Å². The Morgan fingerprint density at radius 2 is 1.56 bits per heavy atom. The molecule has 0 radical (unpaired) electrons. The summed E-state index contributed by atoms with van der Waals surface area (Å²) in [5, 5.41) is 26.3. The third kappa shape index (κ3) is 3.40. The number of hydrogen-bond donors (Lipinski definition) is 4. The van der Waals surface area contributed by atoms with E-state index >= 15 is 0 Å². The van der Waals surface area contributed by atoms with Crippen molar-refractivity contribution in [2.45, 2.75) is 4.90 Å². The number of nitrogens with zero attached hydrogens (tertiary/aromatic N) is 1. The molecule has 7 nitrogen and oxygen atoms in total. The summed E-state index contributed by atoms with van der Waals surface area (Å²) in [5.74, 6) is 0. The van der Waals surface area contributed by atoms with Gasteiger partial charge in [-0.25, -0.2) is 8.42 Å². The number of aliphatic hydroxyl groups excluding tert-OH is 2. The molecule has 0 bridgehead atoms. The highest BCUT2D eigenvalue weighted by Gasteiger charge is 2.23. The van der Waals surface area contributed by atoms with Gasteiger partial charge >= 0.3 is 0 Å². The Bertz CT molecular complexity index is 454. The zero-order chi connectivity index (χ0) is 13.6. The van der Waals surface area contributed by atoms with E-state index in [1.807, 2.05) is 5.48 Å². The number of hydrogen-bond acceptors (Lipinski definition) is 6. The molecule has 0 aliphatic carbocycles. The predicted molar refractivity (Wildman–Crippen MR) is 64.8 cm³/mol. The van der Waals surface area contributed by atoms with Gasteiger partial charge in [-0.05, 0) is 24.3 Å². The van der Waals surface area contributed by atoms with Gasteiger partial charge in [0.15, 0.2) is 0 Å². The average molecular weight is 276 g/mol. The van der Waals surface area contributed by atoms with Crippen LogP contribution in [-0.2, 0) is 10.0 Å². The zero-order valence-corrected chi connectivity index (χ0v) is 10.5. The molecular weight excluding hydrogens is 260 g/mol. The average Bonchev–Trinajstić information content (AvgIpc) is 2.38. The Labute approximate surface area is 105 Å². The third-order valence-corrected chi connectivity index (χ3v) is 4.23. The van der Waals surface area contributed by atoms with Crippen LogP contribution >= 0.6 is 0 Å². The minimum Gasteiger partial charge on any atom is -0.395 e. The minimum absolute atomic E-state index is 0.0309.